The number of nitrogens with zero attached hydrogens (tertiary/aromatic N) is 2. The maximum absolute atomic E-state index is 2.49. The van der Waals surface area contributed by atoms with Gasteiger partial charge in [0.05, 0.1) is 21.4 Å². The van der Waals surface area contributed by atoms with Crippen LogP contribution in [0.1, 0.15) is 0 Å². The molecule has 268 valence electrons. The number of rotatable bonds is 7. The predicted octanol–water partition coefficient (Wildman–Crippen LogP) is 15.6. The fourth-order valence-electron chi connectivity index (χ4n) is 8.52. The highest BCUT2D eigenvalue weighted by Crippen LogP contribution is 2.45. The minimum Gasteiger partial charge on any atom is -0.310 e. The van der Waals surface area contributed by atoms with Crippen LogP contribution in [0.25, 0.3) is 81.0 Å². The maximum Gasteiger partial charge on any atom is 0.0727 e. The van der Waals surface area contributed by atoms with Crippen LogP contribution in [0.2, 0.25) is 0 Å². The van der Waals surface area contributed by atoms with Gasteiger partial charge in [0.1, 0.15) is 0 Å². The molecule has 9 aromatic carbocycles. The average Bonchev–Trinajstić information content (AvgIpc) is 3.82. The Morgan fingerprint density at radius 3 is 1.54 bits per heavy atom. The molecule has 2 nitrogen and oxygen atoms in total. The van der Waals surface area contributed by atoms with Crippen LogP contribution in [-0.2, 0) is 0 Å². The van der Waals surface area contributed by atoms with E-state index in [0.717, 1.165) is 17.1 Å². The first-order chi connectivity index (χ1) is 28.3. The van der Waals surface area contributed by atoms with Crippen molar-refractivity contribution in [3.8, 4) is 39.1 Å². The van der Waals surface area contributed by atoms with E-state index in [9.17, 15) is 0 Å². The number of hydrogen-bond donors (Lipinski definition) is 0. The third-order valence-electron chi connectivity index (χ3n) is 11.2. The molecule has 0 atom stereocenters. The second kappa shape index (κ2) is 13.8. The molecule has 0 aliphatic heterocycles. The van der Waals surface area contributed by atoms with E-state index in [4.69, 9.17) is 0 Å². The minimum atomic E-state index is 1.10. The van der Waals surface area contributed by atoms with Crippen molar-refractivity contribution in [1.82, 2.24) is 4.57 Å². The molecule has 2 heterocycles. The van der Waals surface area contributed by atoms with Crippen molar-refractivity contribution in [2.24, 2.45) is 0 Å². The van der Waals surface area contributed by atoms with E-state index in [1.165, 1.54) is 81.0 Å². The molecule has 57 heavy (non-hydrogen) atoms. The van der Waals surface area contributed by atoms with Crippen molar-refractivity contribution in [1.29, 1.82) is 0 Å². The number of thiophene rings is 1. The quantitative estimate of drug-likeness (QED) is 0.158. The van der Waals surface area contributed by atoms with Crippen molar-refractivity contribution < 1.29 is 0 Å². The first-order valence-corrected chi connectivity index (χ1v) is 20.2. The topological polar surface area (TPSA) is 8.17 Å². The highest BCUT2D eigenvalue weighted by Gasteiger charge is 2.20. The van der Waals surface area contributed by atoms with Gasteiger partial charge in [-0.25, -0.2) is 0 Å². The predicted molar refractivity (Wildman–Crippen MR) is 245 cm³/mol. The van der Waals surface area contributed by atoms with Crippen molar-refractivity contribution in [2.75, 3.05) is 4.90 Å². The molecule has 0 aliphatic rings. The lowest BCUT2D eigenvalue weighted by Gasteiger charge is -2.26. The van der Waals surface area contributed by atoms with Gasteiger partial charge in [0.25, 0.3) is 0 Å². The second-order valence-electron chi connectivity index (χ2n) is 14.5. The van der Waals surface area contributed by atoms with Gasteiger partial charge in [-0.2, -0.15) is 0 Å². The molecular weight excluding hydrogens is 709 g/mol. The third kappa shape index (κ3) is 5.71. The molecule has 2 aromatic heterocycles. The summed E-state index contributed by atoms with van der Waals surface area (Å²) in [7, 11) is 0. The Hall–Kier alpha value is -7.20. The van der Waals surface area contributed by atoms with Gasteiger partial charge >= 0.3 is 0 Å². The molecular formula is C54H36N2S. The van der Waals surface area contributed by atoms with Gasteiger partial charge in [-0.15, -0.1) is 11.3 Å². The molecule has 0 spiro atoms. The number of fused-ring (bicyclic) bond motifs is 6. The summed E-state index contributed by atoms with van der Waals surface area (Å²) in [4.78, 5) is 2.37. The zero-order valence-corrected chi connectivity index (χ0v) is 31.9. The van der Waals surface area contributed by atoms with E-state index < -0.39 is 0 Å². The Morgan fingerprint density at radius 1 is 0.351 bits per heavy atom. The Balaban J connectivity index is 1.06. The van der Waals surface area contributed by atoms with E-state index in [0.29, 0.717) is 0 Å². The van der Waals surface area contributed by atoms with Gasteiger partial charge in [0, 0.05) is 37.9 Å². The summed E-state index contributed by atoms with van der Waals surface area (Å²) in [6.07, 6.45) is 0. The van der Waals surface area contributed by atoms with Crippen LogP contribution in [0, 0.1) is 0 Å². The Labute approximate surface area is 335 Å². The molecule has 0 saturated heterocycles. The molecule has 0 unspecified atom stereocenters. The van der Waals surface area contributed by atoms with Crippen molar-refractivity contribution >= 4 is 70.4 Å². The fourth-order valence-corrected chi connectivity index (χ4v) is 9.75. The summed E-state index contributed by atoms with van der Waals surface area (Å²) >= 11 is 1.89. The van der Waals surface area contributed by atoms with Gasteiger partial charge < -0.3 is 9.47 Å². The van der Waals surface area contributed by atoms with Gasteiger partial charge in [0.15, 0.2) is 0 Å². The molecule has 11 rings (SSSR count). The van der Waals surface area contributed by atoms with E-state index in [2.05, 4.69) is 228 Å². The molecule has 11 aromatic rings. The van der Waals surface area contributed by atoms with E-state index in [-0.39, 0.29) is 0 Å². The Morgan fingerprint density at radius 2 is 0.877 bits per heavy atom. The number of aromatic nitrogens is 1. The standard InChI is InChI=1S/C54H36N2S/c1-3-14-37(15-4-1)39-26-30-42(31-27-39)55(43-32-28-40(29-33-43)38-16-5-2-6-17-38)44-19-13-18-41(36-44)45-34-35-51(47-21-8-7-20-46(45)47)56-50-24-11-9-22-48(50)54-53(56)49-23-10-12-25-52(49)57-54/h1-36H. The summed E-state index contributed by atoms with van der Waals surface area (Å²) in [6, 6.07) is 79.2. The van der Waals surface area contributed by atoms with Crippen molar-refractivity contribution in [2.45, 2.75) is 0 Å². The summed E-state index contributed by atoms with van der Waals surface area (Å²) < 4.78 is 5.14. The van der Waals surface area contributed by atoms with Crippen LogP contribution in [-0.4, -0.2) is 4.57 Å². The van der Waals surface area contributed by atoms with Gasteiger partial charge in [-0.1, -0.05) is 164 Å². The number of anilines is 3. The zero-order chi connectivity index (χ0) is 37.7. The summed E-state index contributed by atoms with van der Waals surface area (Å²) in [5, 5.41) is 5.04. The highest BCUT2D eigenvalue weighted by atomic mass is 32.1. The van der Waals surface area contributed by atoms with Crippen molar-refractivity contribution in [3.05, 3.63) is 218 Å². The van der Waals surface area contributed by atoms with E-state index >= 15 is 0 Å². The highest BCUT2D eigenvalue weighted by molar-refractivity contribution is 7.26. The lowest BCUT2D eigenvalue weighted by atomic mass is 9.96. The van der Waals surface area contributed by atoms with Crippen LogP contribution in [0.3, 0.4) is 0 Å². The van der Waals surface area contributed by atoms with Crippen LogP contribution >= 0.6 is 11.3 Å². The summed E-state index contributed by atoms with van der Waals surface area (Å²) in [5.74, 6) is 0. The monoisotopic (exact) mass is 744 g/mol. The normalized spacial score (nSPS) is 11.5. The molecule has 0 fully saturated rings. The number of para-hydroxylation sites is 1. The molecule has 0 amide bonds. The molecule has 0 bridgehead atoms. The lowest BCUT2D eigenvalue weighted by Crippen LogP contribution is -2.10. The Kier molecular flexibility index (Phi) is 8.04. The van der Waals surface area contributed by atoms with Crippen LogP contribution in [0.4, 0.5) is 17.1 Å². The first kappa shape index (κ1) is 33.2. The average molecular weight is 745 g/mol. The molecule has 0 N–H and O–H groups in total. The minimum absolute atomic E-state index is 1.10. The molecule has 0 aliphatic carbocycles. The van der Waals surface area contributed by atoms with E-state index in [1.54, 1.807) is 0 Å². The van der Waals surface area contributed by atoms with E-state index in [1.807, 2.05) is 11.3 Å². The maximum atomic E-state index is 2.49. The molecule has 0 saturated carbocycles. The smallest absolute Gasteiger partial charge is 0.0727 e. The Bertz CT molecular complexity index is 3120. The summed E-state index contributed by atoms with van der Waals surface area (Å²) in [5.41, 5.74) is 14.2. The SMILES string of the molecule is c1ccc(-c2ccc(N(c3ccc(-c4ccccc4)cc3)c3cccc(-c4ccc(-n5c6ccccc6c6sc7ccccc7c65)c5ccccc45)c3)cc2)cc1. The molecule has 0 radical (unpaired) electrons. The summed E-state index contributed by atoms with van der Waals surface area (Å²) in [6.45, 7) is 0. The molecule has 3 heteroatoms. The third-order valence-corrected chi connectivity index (χ3v) is 12.4. The first-order valence-electron chi connectivity index (χ1n) is 19.4. The largest absolute Gasteiger partial charge is 0.310 e. The van der Waals surface area contributed by atoms with Crippen molar-refractivity contribution in [3.63, 3.8) is 0 Å². The zero-order valence-electron chi connectivity index (χ0n) is 31.1. The van der Waals surface area contributed by atoms with Gasteiger partial charge in [-0.05, 0) is 93.4 Å². The van der Waals surface area contributed by atoms with Crippen LogP contribution < -0.4 is 4.90 Å². The van der Waals surface area contributed by atoms with Gasteiger partial charge in [-0.3, -0.25) is 0 Å². The lowest BCUT2D eigenvalue weighted by molar-refractivity contribution is 1.21. The van der Waals surface area contributed by atoms with Crippen LogP contribution in [0.5, 0.6) is 0 Å². The number of hydrogen-bond acceptors (Lipinski definition) is 2. The van der Waals surface area contributed by atoms with Crippen LogP contribution in [0.15, 0.2) is 218 Å². The van der Waals surface area contributed by atoms with Gasteiger partial charge in [0.2, 0.25) is 0 Å². The fraction of sp³-hybridized carbons (Fsp3) is 0. The second-order valence-corrected chi connectivity index (χ2v) is 15.6. The number of benzene rings is 9.